The maximum Gasteiger partial charge on any atom is 0.259 e. The molecule has 3 aromatic rings. The molecule has 0 saturated carbocycles. The fourth-order valence-corrected chi connectivity index (χ4v) is 2.77. The van der Waals surface area contributed by atoms with Crippen LogP contribution in [0.1, 0.15) is 32.7 Å². The smallest absolute Gasteiger partial charge is 0.259 e. The van der Waals surface area contributed by atoms with Gasteiger partial charge in [0.2, 0.25) is 0 Å². The molecule has 0 aliphatic carbocycles. The van der Waals surface area contributed by atoms with Crippen LogP contribution in [0.4, 0.5) is 5.69 Å². The quantitative estimate of drug-likeness (QED) is 0.766. The van der Waals surface area contributed by atoms with Crippen molar-refractivity contribution in [3.63, 3.8) is 0 Å². The Hall–Kier alpha value is -2.92. The van der Waals surface area contributed by atoms with E-state index in [1.807, 2.05) is 57.2 Å². The molecule has 0 bridgehead atoms. The lowest BCUT2D eigenvalue weighted by Crippen LogP contribution is -2.14. The summed E-state index contributed by atoms with van der Waals surface area (Å²) in [5.41, 5.74) is 5.74. The average molecular weight is 335 g/mol. The summed E-state index contributed by atoms with van der Waals surface area (Å²) in [6, 6.07) is 13.4. The van der Waals surface area contributed by atoms with Gasteiger partial charge >= 0.3 is 0 Å². The number of rotatable bonds is 4. The van der Waals surface area contributed by atoms with Gasteiger partial charge < -0.3 is 10.4 Å². The van der Waals surface area contributed by atoms with Gasteiger partial charge in [-0.15, -0.1) is 0 Å². The molecule has 3 rings (SSSR count). The average Bonchev–Trinajstić information content (AvgIpc) is 2.98. The van der Waals surface area contributed by atoms with Crippen LogP contribution < -0.4 is 5.32 Å². The molecule has 0 saturated heterocycles. The summed E-state index contributed by atoms with van der Waals surface area (Å²) in [5.74, 6) is -0.212. The number of anilines is 1. The van der Waals surface area contributed by atoms with Gasteiger partial charge in [0.25, 0.3) is 5.91 Å². The highest BCUT2D eigenvalue weighted by Gasteiger charge is 2.17. The number of para-hydroxylation sites is 1. The number of aliphatic hydroxyl groups is 1. The monoisotopic (exact) mass is 335 g/mol. The molecule has 1 heterocycles. The van der Waals surface area contributed by atoms with Crippen LogP contribution in [0, 0.1) is 20.8 Å². The highest BCUT2D eigenvalue weighted by atomic mass is 16.3. The van der Waals surface area contributed by atoms with Crippen LogP contribution in [0.25, 0.3) is 5.69 Å². The van der Waals surface area contributed by atoms with Crippen molar-refractivity contribution < 1.29 is 9.90 Å². The van der Waals surface area contributed by atoms with E-state index in [0.717, 1.165) is 28.1 Å². The van der Waals surface area contributed by atoms with E-state index in [2.05, 4.69) is 10.4 Å². The highest BCUT2D eigenvalue weighted by molar-refractivity contribution is 6.05. The molecule has 0 atom stereocenters. The predicted molar refractivity (Wildman–Crippen MR) is 98.1 cm³/mol. The Balaban J connectivity index is 1.91. The minimum Gasteiger partial charge on any atom is -0.392 e. The number of benzene rings is 2. The Bertz CT molecular complexity index is 928. The first-order chi connectivity index (χ1) is 12.0. The van der Waals surface area contributed by atoms with Crippen molar-refractivity contribution in [2.45, 2.75) is 27.4 Å². The Labute approximate surface area is 146 Å². The molecule has 0 spiro atoms. The summed E-state index contributed by atoms with van der Waals surface area (Å²) in [6.07, 6.45) is 1.59. The lowest BCUT2D eigenvalue weighted by Gasteiger charge is -2.11. The molecule has 2 aromatic carbocycles. The number of aliphatic hydroxyl groups excluding tert-OH is 1. The van der Waals surface area contributed by atoms with Crippen LogP contribution >= 0.6 is 0 Å². The molecule has 128 valence electrons. The summed E-state index contributed by atoms with van der Waals surface area (Å²) in [5, 5.41) is 16.6. The minimum absolute atomic E-state index is 0.0621. The first-order valence-corrected chi connectivity index (χ1v) is 8.13. The van der Waals surface area contributed by atoms with E-state index in [4.69, 9.17) is 0 Å². The number of amides is 1. The zero-order chi connectivity index (χ0) is 18.0. The lowest BCUT2D eigenvalue weighted by atomic mass is 10.1. The van der Waals surface area contributed by atoms with Gasteiger partial charge in [0.15, 0.2) is 0 Å². The van der Waals surface area contributed by atoms with Crippen LogP contribution in [0.3, 0.4) is 0 Å². The molecule has 0 aliphatic heterocycles. The zero-order valence-electron chi connectivity index (χ0n) is 14.6. The number of carbonyl (C=O) groups excluding carboxylic acids is 1. The van der Waals surface area contributed by atoms with Crippen LogP contribution in [-0.4, -0.2) is 20.8 Å². The Morgan fingerprint density at radius 3 is 2.60 bits per heavy atom. The third kappa shape index (κ3) is 3.32. The van der Waals surface area contributed by atoms with Gasteiger partial charge in [-0.25, -0.2) is 4.68 Å². The Morgan fingerprint density at radius 1 is 1.12 bits per heavy atom. The number of nitrogens with zero attached hydrogens (tertiary/aromatic N) is 2. The first kappa shape index (κ1) is 16.9. The van der Waals surface area contributed by atoms with Crippen molar-refractivity contribution in [2.75, 3.05) is 5.32 Å². The molecule has 0 unspecified atom stereocenters. The SMILES string of the molecule is Cc1ccc(CO)cc1NC(=O)c1cnn(-c2ccccc2C)c1C. The summed E-state index contributed by atoms with van der Waals surface area (Å²) >= 11 is 0. The standard InChI is InChI=1S/C20H21N3O2/c1-13-8-9-16(12-24)10-18(13)22-20(25)17-11-21-23(15(17)3)19-7-5-4-6-14(19)2/h4-11,24H,12H2,1-3H3,(H,22,25). The number of carbonyl (C=O) groups is 1. The van der Waals surface area contributed by atoms with Crippen molar-refractivity contribution in [3.05, 3.63) is 76.6 Å². The number of aryl methyl sites for hydroxylation is 2. The topological polar surface area (TPSA) is 67.2 Å². The van der Waals surface area contributed by atoms with E-state index in [1.54, 1.807) is 16.9 Å². The van der Waals surface area contributed by atoms with Crippen molar-refractivity contribution in [3.8, 4) is 5.69 Å². The summed E-state index contributed by atoms with van der Waals surface area (Å²) in [4.78, 5) is 12.7. The van der Waals surface area contributed by atoms with E-state index in [-0.39, 0.29) is 12.5 Å². The molecular weight excluding hydrogens is 314 g/mol. The van der Waals surface area contributed by atoms with Gasteiger partial charge in [-0.2, -0.15) is 5.10 Å². The van der Waals surface area contributed by atoms with E-state index in [1.165, 1.54) is 0 Å². The van der Waals surface area contributed by atoms with E-state index >= 15 is 0 Å². The van der Waals surface area contributed by atoms with Crippen LogP contribution in [0.15, 0.2) is 48.7 Å². The maximum atomic E-state index is 12.7. The van der Waals surface area contributed by atoms with Crippen LogP contribution in [0.2, 0.25) is 0 Å². The van der Waals surface area contributed by atoms with Gasteiger partial charge in [0.05, 0.1) is 29.7 Å². The molecule has 1 amide bonds. The van der Waals surface area contributed by atoms with Gasteiger partial charge in [-0.3, -0.25) is 4.79 Å². The molecule has 1 aromatic heterocycles. The second-order valence-corrected chi connectivity index (χ2v) is 6.10. The summed E-state index contributed by atoms with van der Waals surface area (Å²) < 4.78 is 1.78. The van der Waals surface area contributed by atoms with Gasteiger partial charge in [-0.1, -0.05) is 30.3 Å². The highest BCUT2D eigenvalue weighted by Crippen LogP contribution is 2.21. The third-order valence-electron chi connectivity index (χ3n) is 4.33. The van der Waals surface area contributed by atoms with Crippen molar-refractivity contribution >= 4 is 11.6 Å². The van der Waals surface area contributed by atoms with Gasteiger partial charge in [-0.05, 0) is 49.6 Å². The van der Waals surface area contributed by atoms with Gasteiger partial charge in [0, 0.05) is 5.69 Å². The van der Waals surface area contributed by atoms with E-state index in [9.17, 15) is 9.90 Å². The zero-order valence-corrected chi connectivity index (χ0v) is 14.6. The molecule has 0 fully saturated rings. The van der Waals surface area contributed by atoms with E-state index in [0.29, 0.717) is 11.3 Å². The van der Waals surface area contributed by atoms with E-state index < -0.39 is 0 Å². The van der Waals surface area contributed by atoms with Crippen LogP contribution in [-0.2, 0) is 6.61 Å². The molecule has 0 radical (unpaired) electrons. The summed E-state index contributed by atoms with van der Waals surface area (Å²) in [7, 11) is 0. The Kier molecular flexibility index (Phi) is 4.67. The molecule has 25 heavy (non-hydrogen) atoms. The number of hydrogen-bond acceptors (Lipinski definition) is 3. The lowest BCUT2D eigenvalue weighted by molar-refractivity contribution is 0.102. The summed E-state index contributed by atoms with van der Waals surface area (Å²) in [6.45, 7) is 5.75. The second-order valence-electron chi connectivity index (χ2n) is 6.10. The fraction of sp³-hybridized carbons (Fsp3) is 0.200. The van der Waals surface area contributed by atoms with Crippen molar-refractivity contribution in [1.29, 1.82) is 0 Å². The molecule has 5 heteroatoms. The maximum absolute atomic E-state index is 12.7. The number of nitrogens with one attached hydrogen (secondary N) is 1. The number of aromatic nitrogens is 2. The second kappa shape index (κ2) is 6.91. The van der Waals surface area contributed by atoms with Crippen molar-refractivity contribution in [1.82, 2.24) is 9.78 Å². The fourth-order valence-electron chi connectivity index (χ4n) is 2.77. The third-order valence-corrected chi connectivity index (χ3v) is 4.33. The molecular formula is C20H21N3O2. The first-order valence-electron chi connectivity index (χ1n) is 8.13. The Morgan fingerprint density at radius 2 is 1.88 bits per heavy atom. The normalized spacial score (nSPS) is 10.7. The minimum atomic E-state index is -0.212. The molecule has 0 aliphatic rings. The van der Waals surface area contributed by atoms with Crippen LogP contribution in [0.5, 0.6) is 0 Å². The van der Waals surface area contributed by atoms with Crippen molar-refractivity contribution in [2.24, 2.45) is 0 Å². The van der Waals surface area contributed by atoms with Gasteiger partial charge in [0.1, 0.15) is 0 Å². The largest absolute Gasteiger partial charge is 0.392 e. The number of hydrogen-bond donors (Lipinski definition) is 2. The molecule has 2 N–H and O–H groups in total. The molecule has 5 nitrogen and oxygen atoms in total. The predicted octanol–water partition coefficient (Wildman–Crippen LogP) is 3.54.